The molecule has 6 nitrogen and oxygen atoms in total. The number of aromatic nitrogens is 3. The summed E-state index contributed by atoms with van der Waals surface area (Å²) in [5, 5.41) is 11.8. The molecule has 0 unspecified atom stereocenters. The first-order valence-electron chi connectivity index (χ1n) is 9.65. The smallest absolute Gasteiger partial charge is 0.243 e. The van der Waals surface area contributed by atoms with Crippen LogP contribution in [0.1, 0.15) is 30.9 Å². The van der Waals surface area contributed by atoms with Crippen LogP contribution >= 0.6 is 0 Å². The average Bonchev–Trinajstić information content (AvgIpc) is 3.12. The maximum absolute atomic E-state index is 12.5. The highest BCUT2D eigenvalue weighted by Gasteiger charge is 2.22. The van der Waals surface area contributed by atoms with Gasteiger partial charge >= 0.3 is 0 Å². The minimum Gasteiger partial charge on any atom is -0.353 e. The maximum Gasteiger partial charge on any atom is 0.243 e. The summed E-state index contributed by atoms with van der Waals surface area (Å²) < 4.78 is 0. The van der Waals surface area contributed by atoms with Crippen LogP contribution < -0.4 is 5.32 Å². The zero-order chi connectivity index (χ0) is 18.5. The topological polar surface area (TPSA) is 63.1 Å². The van der Waals surface area contributed by atoms with Crippen LogP contribution in [0.3, 0.4) is 0 Å². The van der Waals surface area contributed by atoms with E-state index in [1.54, 1.807) is 0 Å². The van der Waals surface area contributed by atoms with E-state index in [9.17, 15) is 4.79 Å². The van der Waals surface area contributed by atoms with Crippen LogP contribution in [0.2, 0.25) is 0 Å². The highest BCUT2D eigenvalue weighted by molar-refractivity contribution is 5.77. The van der Waals surface area contributed by atoms with Gasteiger partial charge in [0.15, 0.2) is 0 Å². The quantitative estimate of drug-likeness (QED) is 0.731. The van der Waals surface area contributed by atoms with Crippen molar-refractivity contribution in [1.29, 1.82) is 0 Å². The van der Waals surface area contributed by atoms with E-state index in [-0.39, 0.29) is 18.5 Å². The van der Waals surface area contributed by atoms with Gasteiger partial charge in [0.05, 0.1) is 6.04 Å². The number of benzene rings is 2. The van der Waals surface area contributed by atoms with Crippen LogP contribution in [0, 0.1) is 0 Å². The van der Waals surface area contributed by atoms with E-state index in [0.29, 0.717) is 6.54 Å². The lowest BCUT2D eigenvalue weighted by molar-refractivity contribution is -0.122. The van der Waals surface area contributed by atoms with Crippen molar-refractivity contribution in [3.05, 3.63) is 60.2 Å². The molecular formula is C21H25N5O. The third-order valence-corrected chi connectivity index (χ3v) is 5.12. The summed E-state index contributed by atoms with van der Waals surface area (Å²) in [4.78, 5) is 16.4. The summed E-state index contributed by atoms with van der Waals surface area (Å²) in [5.41, 5.74) is 2.87. The molecule has 1 N–H and O–H groups in total. The molecule has 0 spiro atoms. The SMILES string of the molecule is O=C(Cn1nc2ccccc2n1)NC[C@H](c1ccccc1)N1CCCCC1. The first kappa shape index (κ1) is 17.7. The fourth-order valence-electron chi connectivity index (χ4n) is 3.73. The zero-order valence-corrected chi connectivity index (χ0v) is 15.4. The van der Waals surface area contributed by atoms with E-state index in [4.69, 9.17) is 0 Å². The molecule has 140 valence electrons. The zero-order valence-electron chi connectivity index (χ0n) is 15.4. The lowest BCUT2D eigenvalue weighted by Gasteiger charge is -2.35. The summed E-state index contributed by atoms with van der Waals surface area (Å²) in [6.45, 7) is 2.91. The summed E-state index contributed by atoms with van der Waals surface area (Å²) in [5.74, 6) is -0.0618. The molecule has 1 aliphatic rings. The molecule has 6 heteroatoms. The number of hydrogen-bond acceptors (Lipinski definition) is 4. The van der Waals surface area contributed by atoms with Crippen molar-refractivity contribution in [2.45, 2.75) is 31.8 Å². The Bertz CT molecular complexity index is 853. The maximum atomic E-state index is 12.5. The predicted octanol–water partition coefficient (Wildman–Crippen LogP) is 2.77. The number of piperidine rings is 1. The highest BCUT2D eigenvalue weighted by atomic mass is 16.2. The monoisotopic (exact) mass is 363 g/mol. The number of hydrogen-bond donors (Lipinski definition) is 1. The van der Waals surface area contributed by atoms with Crippen molar-refractivity contribution in [1.82, 2.24) is 25.2 Å². The molecule has 1 atom stereocenters. The second-order valence-corrected chi connectivity index (χ2v) is 7.05. The normalized spacial score (nSPS) is 16.3. The van der Waals surface area contributed by atoms with E-state index >= 15 is 0 Å². The molecule has 2 heterocycles. The van der Waals surface area contributed by atoms with Gasteiger partial charge in [0, 0.05) is 6.54 Å². The number of carbonyl (C=O) groups is 1. The number of carbonyl (C=O) groups excluding carboxylic acids is 1. The molecule has 1 aromatic heterocycles. The fraction of sp³-hybridized carbons (Fsp3) is 0.381. The van der Waals surface area contributed by atoms with Gasteiger partial charge in [-0.25, -0.2) is 0 Å². The van der Waals surface area contributed by atoms with Crippen molar-refractivity contribution >= 4 is 16.9 Å². The van der Waals surface area contributed by atoms with Crippen molar-refractivity contribution in [2.75, 3.05) is 19.6 Å². The second kappa shape index (κ2) is 8.31. The van der Waals surface area contributed by atoms with Crippen LogP contribution in [0.4, 0.5) is 0 Å². The van der Waals surface area contributed by atoms with Gasteiger partial charge in [0.1, 0.15) is 17.6 Å². The van der Waals surface area contributed by atoms with Gasteiger partial charge in [-0.3, -0.25) is 9.69 Å². The number of fused-ring (bicyclic) bond motifs is 1. The van der Waals surface area contributed by atoms with Crippen LogP contribution in [0.5, 0.6) is 0 Å². The Balaban J connectivity index is 1.41. The number of rotatable bonds is 6. The molecule has 27 heavy (non-hydrogen) atoms. The fourth-order valence-corrected chi connectivity index (χ4v) is 3.73. The first-order chi connectivity index (χ1) is 13.3. The summed E-state index contributed by atoms with van der Waals surface area (Å²) in [6, 6.07) is 18.3. The molecule has 0 bridgehead atoms. The number of likely N-dealkylation sites (tertiary alicyclic amines) is 1. The summed E-state index contributed by atoms with van der Waals surface area (Å²) >= 11 is 0. The number of nitrogens with zero attached hydrogens (tertiary/aromatic N) is 4. The lowest BCUT2D eigenvalue weighted by atomic mass is 10.0. The van der Waals surface area contributed by atoms with Crippen molar-refractivity contribution in [2.24, 2.45) is 0 Å². The van der Waals surface area contributed by atoms with Crippen molar-refractivity contribution in [3.8, 4) is 0 Å². The van der Waals surface area contributed by atoms with Crippen molar-refractivity contribution in [3.63, 3.8) is 0 Å². The minimum absolute atomic E-state index is 0.0618. The molecule has 2 aromatic carbocycles. The Morgan fingerprint density at radius 2 is 1.56 bits per heavy atom. The molecule has 0 saturated carbocycles. The van der Waals surface area contributed by atoms with Crippen LogP contribution in [0.15, 0.2) is 54.6 Å². The molecule has 4 rings (SSSR count). The van der Waals surface area contributed by atoms with E-state index < -0.39 is 0 Å². The van der Waals surface area contributed by atoms with E-state index in [1.807, 2.05) is 30.3 Å². The number of amides is 1. The van der Waals surface area contributed by atoms with Gasteiger partial charge in [-0.2, -0.15) is 15.0 Å². The Hall–Kier alpha value is -2.73. The minimum atomic E-state index is -0.0618. The molecule has 0 radical (unpaired) electrons. The summed E-state index contributed by atoms with van der Waals surface area (Å²) in [7, 11) is 0. The lowest BCUT2D eigenvalue weighted by Crippen LogP contribution is -2.41. The van der Waals surface area contributed by atoms with Gasteiger partial charge in [-0.05, 0) is 43.6 Å². The largest absolute Gasteiger partial charge is 0.353 e. The van der Waals surface area contributed by atoms with E-state index in [2.05, 4.69) is 44.7 Å². The van der Waals surface area contributed by atoms with Crippen LogP contribution in [-0.4, -0.2) is 45.4 Å². The Morgan fingerprint density at radius 3 is 2.22 bits per heavy atom. The van der Waals surface area contributed by atoms with Crippen LogP contribution in [-0.2, 0) is 11.3 Å². The van der Waals surface area contributed by atoms with E-state index in [0.717, 1.165) is 24.1 Å². The van der Waals surface area contributed by atoms with Gasteiger partial charge in [0.25, 0.3) is 0 Å². The Labute approximate surface area is 159 Å². The molecule has 1 aliphatic heterocycles. The molecule has 3 aromatic rings. The van der Waals surface area contributed by atoms with Crippen LogP contribution in [0.25, 0.3) is 11.0 Å². The van der Waals surface area contributed by atoms with Gasteiger partial charge in [-0.15, -0.1) is 0 Å². The van der Waals surface area contributed by atoms with Gasteiger partial charge < -0.3 is 5.32 Å². The van der Waals surface area contributed by atoms with Gasteiger partial charge in [-0.1, -0.05) is 48.9 Å². The Morgan fingerprint density at radius 1 is 0.926 bits per heavy atom. The predicted molar refractivity (Wildman–Crippen MR) is 105 cm³/mol. The molecular weight excluding hydrogens is 338 g/mol. The standard InChI is InChI=1S/C21H25N5O/c27-21(16-26-23-18-11-5-6-12-19(18)24-26)22-15-20(17-9-3-1-4-10-17)25-13-7-2-8-14-25/h1,3-6,9-12,20H,2,7-8,13-16H2,(H,22,27)/t20-/m1/s1. The highest BCUT2D eigenvalue weighted by Crippen LogP contribution is 2.24. The Kier molecular flexibility index (Phi) is 5.44. The van der Waals surface area contributed by atoms with Gasteiger partial charge in [0.2, 0.25) is 5.91 Å². The molecule has 0 aliphatic carbocycles. The average molecular weight is 363 g/mol. The summed E-state index contributed by atoms with van der Waals surface area (Å²) in [6.07, 6.45) is 3.74. The molecule has 1 saturated heterocycles. The first-order valence-corrected chi connectivity index (χ1v) is 9.65. The second-order valence-electron chi connectivity index (χ2n) is 7.05. The molecule has 1 fully saturated rings. The number of nitrogens with one attached hydrogen (secondary N) is 1. The third-order valence-electron chi connectivity index (χ3n) is 5.12. The third kappa shape index (κ3) is 4.34. The van der Waals surface area contributed by atoms with Crippen molar-refractivity contribution < 1.29 is 4.79 Å². The van der Waals surface area contributed by atoms with E-state index in [1.165, 1.54) is 29.6 Å². The molecule has 1 amide bonds.